The van der Waals surface area contributed by atoms with Crippen LogP contribution in [-0.2, 0) is 9.47 Å². The van der Waals surface area contributed by atoms with Gasteiger partial charge in [-0.15, -0.1) is 0 Å². The van der Waals surface area contributed by atoms with Crippen LogP contribution in [0.3, 0.4) is 0 Å². The Morgan fingerprint density at radius 1 is 0.735 bits per heavy atom. The number of para-hydroxylation sites is 1. The summed E-state index contributed by atoms with van der Waals surface area (Å²) in [6, 6.07) is 17.4. The highest BCUT2D eigenvalue weighted by atomic mass is 16.5. The zero-order valence-electron chi connectivity index (χ0n) is 18.8. The SMILES string of the molecule is C(=NNc1nc(N2CCOCC2)nc(N2CCOCC2)n1)c1ccc(Oc2ccccc2)cc1. The number of ether oxygens (including phenoxy) is 3. The predicted octanol–water partition coefficient (Wildman–Crippen LogP) is 2.78. The summed E-state index contributed by atoms with van der Waals surface area (Å²) in [5, 5.41) is 4.34. The summed E-state index contributed by atoms with van der Waals surface area (Å²) in [4.78, 5) is 18.1. The highest BCUT2D eigenvalue weighted by Crippen LogP contribution is 2.21. The van der Waals surface area contributed by atoms with E-state index in [9.17, 15) is 0 Å². The fourth-order valence-corrected chi connectivity index (χ4v) is 3.62. The standard InChI is InChI=1S/C24H27N7O3/c1-2-4-20(5-3-1)34-21-8-6-19(7-9-21)18-25-29-22-26-23(30-10-14-32-15-11-30)28-24(27-22)31-12-16-33-17-13-31/h1-9,18H,10-17H2,(H,26,27,28,29). The molecule has 2 fully saturated rings. The number of aromatic nitrogens is 3. The lowest BCUT2D eigenvalue weighted by molar-refractivity contribution is 0.121. The molecular weight excluding hydrogens is 434 g/mol. The molecule has 0 spiro atoms. The van der Waals surface area contributed by atoms with Crippen LogP contribution in [0.4, 0.5) is 17.8 Å². The highest BCUT2D eigenvalue weighted by Gasteiger charge is 2.20. The van der Waals surface area contributed by atoms with Crippen molar-refractivity contribution in [3.63, 3.8) is 0 Å². The minimum Gasteiger partial charge on any atom is -0.457 e. The van der Waals surface area contributed by atoms with Gasteiger partial charge < -0.3 is 24.0 Å². The maximum Gasteiger partial charge on any atom is 0.250 e. The first-order valence-electron chi connectivity index (χ1n) is 11.4. The predicted molar refractivity (Wildman–Crippen MR) is 130 cm³/mol. The second-order valence-corrected chi connectivity index (χ2v) is 7.81. The smallest absolute Gasteiger partial charge is 0.250 e. The molecule has 0 amide bonds. The lowest BCUT2D eigenvalue weighted by atomic mass is 10.2. The molecule has 34 heavy (non-hydrogen) atoms. The van der Waals surface area contributed by atoms with Gasteiger partial charge in [0.2, 0.25) is 17.8 Å². The fraction of sp³-hybridized carbons (Fsp3) is 0.333. The maximum absolute atomic E-state index is 5.83. The van der Waals surface area contributed by atoms with Crippen LogP contribution in [0.15, 0.2) is 59.7 Å². The number of rotatable bonds is 7. The molecule has 0 unspecified atom stereocenters. The Bertz CT molecular complexity index is 1050. The van der Waals surface area contributed by atoms with Crippen LogP contribution in [0.1, 0.15) is 5.56 Å². The van der Waals surface area contributed by atoms with Crippen molar-refractivity contribution in [2.24, 2.45) is 5.10 Å². The minimum atomic E-state index is 0.401. The summed E-state index contributed by atoms with van der Waals surface area (Å²) in [7, 11) is 0. The monoisotopic (exact) mass is 461 g/mol. The number of hydrogen-bond donors (Lipinski definition) is 1. The Kier molecular flexibility index (Phi) is 7.07. The van der Waals surface area contributed by atoms with Crippen LogP contribution < -0.4 is 20.0 Å². The molecule has 10 nitrogen and oxygen atoms in total. The van der Waals surface area contributed by atoms with Gasteiger partial charge in [0, 0.05) is 26.2 Å². The van der Waals surface area contributed by atoms with Crippen molar-refractivity contribution in [1.29, 1.82) is 0 Å². The molecule has 2 saturated heterocycles. The Labute approximate surface area is 198 Å². The second kappa shape index (κ2) is 10.9. The van der Waals surface area contributed by atoms with Gasteiger partial charge in [-0.1, -0.05) is 18.2 Å². The Hall–Kier alpha value is -3.76. The fourth-order valence-electron chi connectivity index (χ4n) is 3.62. The maximum atomic E-state index is 5.83. The first kappa shape index (κ1) is 22.1. The summed E-state index contributed by atoms with van der Waals surface area (Å²) in [6.45, 7) is 5.60. The zero-order chi connectivity index (χ0) is 23.0. The number of morpholine rings is 2. The van der Waals surface area contributed by atoms with E-state index >= 15 is 0 Å². The van der Waals surface area contributed by atoms with Gasteiger partial charge in [0.1, 0.15) is 11.5 Å². The molecule has 2 aliphatic heterocycles. The first-order valence-corrected chi connectivity index (χ1v) is 11.4. The molecule has 10 heteroatoms. The van der Waals surface area contributed by atoms with Crippen LogP contribution in [-0.4, -0.2) is 73.8 Å². The quantitative estimate of drug-likeness (QED) is 0.421. The summed E-state index contributed by atoms with van der Waals surface area (Å²) >= 11 is 0. The van der Waals surface area contributed by atoms with E-state index in [2.05, 4.69) is 30.3 Å². The third-order valence-corrected chi connectivity index (χ3v) is 5.44. The van der Waals surface area contributed by atoms with Gasteiger partial charge in [-0.3, -0.25) is 0 Å². The van der Waals surface area contributed by atoms with Crippen molar-refractivity contribution in [1.82, 2.24) is 15.0 Å². The Morgan fingerprint density at radius 2 is 1.29 bits per heavy atom. The second-order valence-electron chi connectivity index (χ2n) is 7.81. The summed E-state index contributed by atoms with van der Waals surface area (Å²) < 4.78 is 16.8. The van der Waals surface area contributed by atoms with Crippen molar-refractivity contribution in [2.45, 2.75) is 0 Å². The largest absolute Gasteiger partial charge is 0.457 e. The van der Waals surface area contributed by atoms with Crippen molar-refractivity contribution >= 4 is 24.1 Å². The molecule has 0 aliphatic carbocycles. The van der Waals surface area contributed by atoms with Crippen LogP contribution in [0.25, 0.3) is 0 Å². The Balaban J connectivity index is 1.28. The van der Waals surface area contributed by atoms with E-state index < -0.39 is 0 Å². The zero-order valence-corrected chi connectivity index (χ0v) is 18.8. The Morgan fingerprint density at radius 3 is 1.88 bits per heavy atom. The van der Waals surface area contributed by atoms with E-state index in [0.717, 1.165) is 43.2 Å². The molecule has 5 rings (SSSR count). The third kappa shape index (κ3) is 5.77. The number of benzene rings is 2. The molecule has 0 atom stereocenters. The van der Waals surface area contributed by atoms with Crippen molar-refractivity contribution in [3.8, 4) is 11.5 Å². The number of anilines is 3. The van der Waals surface area contributed by atoms with Gasteiger partial charge in [-0.2, -0.15) is 20.1 Å². The molecule has 176 valence electrons. The molecule has 3 heterocycles. The molecule has 1 N–H and O–H groups in total. The van der Waals surface area contributed by atoms with Gasteiger partial charge in [0.05, 0.1) is 32.6 Å². The molecule has 2 aromatic carbocycles. The number of hydrogen-bond acceptors (Lipinski definition) is 10. The van der Waals surface area contributed by atoms with Crippen LogP contribution in [0.2, 0.25) is 0 Å². The lowest BCUT2D eigenvalue weighted by Gasteiger charge is -2.30. The average molecular weight is 462 g/mol. The molecule has 0 saturated carbocycles. The van der Waals surface area contributed by atoms with E-state index in [4.69, 9.17) is 19.2 Å². The van der Waals surface area contributed by atoms with Crippen molar-refractivity contribution in [3.05, 3.63) is 60.2 Å². The molecular formula is C24H27N7O3. The van der Waals surface area contributed by atoms with E-state index in [1.807, 2.05) is 54.6 Å². The normalized spacial score (nSPS) is 16.6. The summed E-state index contributed by atoms with van der Waals surface area (Å²) in [5.74, 6) is 3.21. The van der Waals surface area contributed by atoms with Gasteiger partial charge in [-0.25, -0.2) is 5.43 Å². The van der Waals surface area contributed by atoms with Gasteiger partial charge in [-0.05, 0) is 42.0 Å². The van der Waals surface area contributed by atoms with Gasteiger partial charge in [0.15, 0.2) is 0 Å². The number of nitrogens with zero attached hydrogens (tertiary/aromatic N) is 6. The number of nitrogens with one attached hydrogen (secondary N) is 1. The average Bonchev–Trinajstić information content (AvgIpc) is 2.91. The number of hydrazone groups is 1. The van der Waals surface area contributed by atoms with Crippen molar-refractivity contribution < 1.29 is 14.2 Å². The lowest BCUT2D eigenvalue weighted by Crippen LogP contribution is -2.40. The van der Waals surface area contributed by atoms with E-state index in [-0.39, 0.29) is 0 Å². The third-order valence-electron chi connectivity index (χ3n) is 5.44. The van der Waals surface area contributed by atoms with Gasteiger partial charge >= 0.3 is 0 Å². The molecule has 1 aromatic heterocycles. The van der Waals surface area contributed by atoms with E-state index in [1.54, 1.807) is 6.21 Å². The summed E-state index contributed by atoms with van der Waals surface area (Å²) in [5.41, 5.74) is 3.89. The first-order chi connectivity index (χ1) is 16.8. The van der Waals surface area contributed by atoms with E-state index in [1.165, 1.54) is 0 Å². The van der Waals surface area contributed by atoms with Crippen molar-refractivity contribution in [2.75, 3.05) is 67.8 Å². The molecule has 0 bridgehead atoms. The van der Waals surface area contributed by atoms with Crippen LogP contribution in [0, 0.1) is 0 Å². The highest BCUT2D eigenvalue weighted by molar-refractivity contribution is 5.80. The van der Waals surface area contributed by atoms with Crippen LogP contribution >= 0.6 is 0 Å². The van der Waals surface area contributed by atoms with Gasteiger partial charge in [0.25, 0.3) is 0 Å². The van der Waals surface area contributed by atoms with Crippen LogP contribution in [0.5, 0.6) is 11.5 Å². The molecule has 2 aliphatic rings. The van der Waals surface area contributed by atoms with E-state index in [0.29, 0.717) is 44.3 Å². The molecule has 0 radical (unpaired) electrons. The minimum absolute atomic E-state index is 0.401. The summed E-state index contributed by atoms with van der Waals surface area (Å²) in [6.07, 6.45) is 1.72. The molecule has 3 aromatic rings. The topological polar surface area (TPSA) is 97.2 Å².